The van der Waals surface area contributed by atoms with Crippen molar-refractivity contribution in [1.82, 2.24) is 4.72 Å². The molecule has 0 radical (unpaired) electrons. The maximum atomic E-state index is 12.4. The second kappa shape index (κ2) is 6.17. The number of rotatable bonds is 4. The summed E-state index contributed by atoms with van der Waals surface area (Å²) in [6.07, 6.45) is 0. The zero-order valence-electron chi connectivity index (χ0n) is 11.8. The molecule has 4 nitrogen and oxygen atoms in total. The Kier molecular flexibility index (Phi) is 4.70. The number of nitrogens with one attached hydrogen (secondary N) is 1. The van der Waals surface area contributed by atoms with Crippen LogP contribution in [0.1, 0.15) is 24.1 Å². The minimum Gasteiger partial charge on any atom is -0.399 e. The first-order chi connectivity index (χ1) is 9.79. The van der Waals surface area contributed by atoms with Gasteiger partial charge < -0.3 is 5.73 Å². The van der Waals surface area contributed by atoms with E-state index in [-0.39, 0.29) is 10.9 Å². The van der Waals surface area contributed by atoms with Gasteiger partial charge in [-0.3, -0.25) is 0 Å². The SMILES string of the molecule is Cc1ccc(C(C)NS(=O)(=O)c2ccc(N)cc2Br)cc1. The predicted molar refractivity (Wildman–Crippen MR) is 88.5 cm³/mol. The molecule has 0 bridgehead atoms. The van der Waals surface area contributed by atoms with E-state index in [1.54, 1.807) is 12.1 Å². The zero-order valence-corrected chi connectivity index (χ0v) is 14.2. The average Bonchev–Trinajstić information content (AvgIpc) is 2.38. The molecule has 0 aliphatic heterocycles. The molecule has 1 atom stereocenters. The second-order valence-corrected chi connectivity index (χ2v) is 7.48. The lowest BCUT2D eigenvalue weighted by Gasteiger charge is -2.16. The summed E-state index contributed by atoms with van der Waals surface area (Å²) >= 11 is 3.24. The van der Waals surface area contributed by atoms with E-state index in [1.165, 1.54) is 6.07 Å². The monoisotopic (exact) mass is 368 g/mol. The molecule has 1 unspecified atom stereocenters. The van der Waals surface area contributed by atoms with E-state index < -0.39 is 10.0 Å². The lowest BCUT2D eigenvalue weighted by Crippen LogP contribution is -2.27. The Morgan fingerprint density at radius 1 is 1.14 bits per heavy atom. The van der Waals surface area contributed by atoms with Gasteiger partial charge in [-0.1, -0.05) is 29.8 Å². The van der Waals surface area contributed by atoms with Crippen molar-refractivity contribution in [2.75, 3.05) is 5.73 Å². The molecule has 0 spiro atoms. The smallest absolute Gasteiger partial charge is 0.242 e. The molecule has 2 rings (SSSR count). The van der Waals surface area contributed by atoms with E-state index in [0.717, 1.165) is 11.1 Å². The van der Waals surface area contributed by atoms with Crippen molar-refractivity contribution in [2.24, 2.45) is 0 Å². The molecule has 21 heavy (non-hydrogen) atoms. The van der Waals surface area contributed by atoms with E-state index in [2.05, 4.69) is 20.7 Å². The van der Waals surface area contributed by atoms with Crippen LogP contribution in [0.2, 0.25) is 0 Å². The highest BCUT2D eigenvalue weighted by Crippen LogP contribution is 2.25. The van der Waals surface area contributed by atoms with Crippen molar-refractivity contribution < 1.29 is 8.42 Å². The molecule has 0 aliphatic rings. The predicted octanol–water partition coefficient (Wildman–Crippen LogP) is 3.38. The summed E-state index contributed by atoms with van der Waals surface area (Å²) < 4.78 is 28.0. The molecule has 2 aromatic carbocycles. The number of hydrogen-bond acceptors (Lipinski definition) is 3. The van der Waals surface area contributed by atoms with E-state index >= 15 is 0 Å². The third-order valence-electron chi connectivity index (χ3n) is 3.15. The first kappa shape index (κ1) is 16.0. The van der Waals surface area contributed by atoms with Crippen LogP contribution in [0.3, 0.4) is 0 Å². The van der Waals surface area contributed by atoms with Gasteiger partial charge in [0, 0.05) is 16.2 Å². The Morgan fingerprint density at radius 2 is 1.76 bits per heavy atom. The van der Waals surface area contributed by atoms with E-state index in [4.69, 9.17) is 5.73 Å². The van der Waals surface area contributed by atoms with Crippen LogP contribution in [0.5, 0.6) is 0 Å². The maximum absolute atomic E-state index is 12.4. The van der Waals surface area contributed by atoms with Crippen molar-refractivity contribution in [3.63, 3.8) is 0 Å². The van der Waals surface area contributed by atoms with Gasteiger partial charge in [-0.2, -0.15) is 0 Å². The molecule has 0 amide bonds. The van der Waals surface area contributed by atoms with Crippen molar-refractivity contribution in [1.29, 1.82) is 0 Å². The standard InChI is InChI=1S/C15H17BrN2O2S/c1-10-3-5-12(6-4-10)11(2)18-21(19,20)15-8-7-13(17)9-14(15)16/h3-9,11,18H,17H2,1-2H3. The topological polar surface area (TPSA) is 72.2 Å². The minimum atomic E-state index is -3.62. The van der Waals surface area contributed by atoms with E-state index in [0.29, 0.717) is 10.2 Å². The quantitative estimate of drug-likeness (QED) is 0.812. The van der Waals surface area contributed by atoms with E-state index in [9.17, 15) is 8.42 Å². The molecule has 3 N–H and O–H groups in total. The van der Waals surface area contributed by atoms with Gasteiger partial charge in [0.2, 0.25) is 10.0 Å². The van der Waals surface area contributed by atoms with Gasteiger partial charge in [0.25, 0.3) is 0 Å². The Morgan fingerprint density at radius 3 is 2.33 bits per heavy atom. The number of nitrogen functional groups attached to an aromatic ring is 1. The summed E-state index contributed by atoms with van der Waals surface area (Å²) in [6.45, 7) is 3.80. The van der Waals surface area contributed by atoms with Crippen LogP contribution in [0.25, 0.3) is 0 Å². The van der Waals surface area contributed by atoms with Crippen molar-refractivity contribution in [2.45, 2.75) is 24.8 Å². The molecule has 112 valence electrons. The van der Waals surface area contributed by atoms with Gasteiger partial charge in [0.05, 0.1) is 4.90 Å². The lowest BCUT2D eigenvalue weighted by atomic mass is 10.1. The van der Waals surface area contributed by atoms with Gasteiger partial charge in [-0.25, -0.2) is 13.1 Å². The van der Waals surface area contributed by atoms with Gasteiger partial charge in [0.1, 0.15) is 0 Å². The molecule has 2 aromatic rings. The number of aryl methyl sites for hydroxylation is 1. The van der Waals surface area contributed by atoms with Gasteiger partial charge >= 0.3 is 0 Å². The fourth-order valence-corrected chi connectivity index (χ4v) is 4.28. The summed E-state index contributed by atoms with van der Waals surface area (Å²) in [5, 5.41) is 0. The minimum absolute atomic E-state index is 0.177. The van der Waals surface area contributed by atoms with Gasteiger partial charge in [-0.05, 0) is 53.5 Å². The number of nitrogens with two attached hydrogens (primary N) is 1. The number of sulfonamides is 1. The van der Waals surface area contributed by atoms with Gasteiger partial charge in [-0.15, -0.1) is 0 Å². The summed E-state index contributed by atoms with van der Waals surface area (Å²) in [5.74, 6) is 0. The largest absolute Gasteiger partial charge is 0.399 e. The molecule has 6 heteroatoms. The third kappa shape index (κ3) is 3.84. The van der Waals surface area contributed by atoms with Crippen molar-refractivity contribution in [3.05, 3.63) is 58.1 Å². The van der Waals surface area contributed by atoms with Crippen LogP contribution < -0.4 is 10.5 Å². The van der Waals surface area contributed by atoms with Crippen LogP contribution in [0, 0.1) is 6.92 Å². The second-order valence-electron chi connectivity index (χ2n) is 4.94. The summed E-state index contributed by atoms with van der Waals surface area (Å²) in [5.41, 5.74) is 8.19. The average molecular weight is 369 g/mol. The molecule has 0 saturated heterocycles. The fourth-order valence-electron chi connectivity index (χ4n) is 1.95. The molecule has 0 heterocycles. The number of halogens is 1. The highest BCUT2D eigenvalue weighted by molar-refractivity contribution is 9.10. The first-order valence-corrected chi connectivity index (χ1v) is 8.71. The van der Waals surface area contributed by atoms with Crippen molar-refractivity contribution >= 4 is 31.6 Å². The van der Waals surface area contributed by atoms with Crippen LogP contribution in [-0.4, -0.2) is 8.42 Å². The van der Waals surface area contributed by atoms with Crippen LogP contribution in [0.15, 0.2) is 51.8 Å². The van der Waals surface area contributed by atoms with Crippen LogP contribution >= 0.6 is 15.9 Å². The summed E-state index contributed by atoms with van der Waals surface area (Å²) in [6, 6.07) is 12.1. The molecule has 0 saturated carbocycles. The summed E-state index contributed by atoms with van der Waals surface area (Å²) in [4.78, 5) is 0.177. The molecule has 0 fully saturated rings. The number of benzene rings is 2. The maximum Gasteiger partial charge on any atom is 0.242 e. The number of anilines is 1. The fraction of sp³-hybridized carbons (Fsp3) is 0.200. The Labute approximate surface area is 133 Å². The lowest BCUT2D eigenvalue weighted by molar-refractivity contribution is 0.566. The highest BCUT2D eigenvalue weighted by atomic mass is 79.9. The normalized spacial score (nSPS) is 13.1. The Bertz CT molecular complexity index is 743. The van der Waals surface area contributed by atoms with E-state index in [1.807, 2.05) is 38.1 Å². The zero-order chi connectivity index (χ0) is 15.6. The van der Waals surface area contributed by atoms with Gasteiger partial charge in [0.15, 0.2) is 0 Å². The Hall–Kier alpha value is -1.37. The third-order valence-corrected chi connectivity index (χ3v) is 5.67. The first-order valence-electron chi connectivity index (χ1n) is 6.43. The molecule has 0 aromatic heterocycles. The molecular weight excluding hydrogens is 352 g/mol. The molecular formula is C15H17BrN2O2S. The Balaban J connectivity index is 2.26. The summed E-state index contributed by atoms with van der Waals surface area (Å²) in [7, 11) is -3.62. The molecule has 0 aliphatic carbocycles. The van der Waals surface area contributed by atoms with Crippen molar-refractivity contribution in [3.8, 4) is 0 Å². The number of hydrogen-bond donors (Lipinski definition) is 2. The highest BCUT2D eigenvalue weighted by Gasteiger charge is 2.20. The van der Waals surface area contributed by atoms with Crippen LogP contribution in [0.4, 0.5) is 5.69 Å². The van der Waals surface area contributed by atoms with Crippen LogP contribution in [-0.2, 0) is 10.0 Å².